The molecule has 0 bridgehead atoms. The number of nitrogens with one attached hydrogen (secondary N) is 2. The van der Waals surface area contributed by atoms with Crippen LogP contribution in [0.5, 0.6) is 0 Å². The van der Waals surface area contributed by atoms with E-state index in [1.165, 1.54) is 0 Å². The maximum Gasteiger partial charge on any atom is 0.267 e. The second-order valence-corrected chi connectivity index (χ2v) is 6.51. The number of carbonyl (C=O) groups is 2. The van der Waals surface area contributed by atoms with Crippen molar-refractivity contribution >= 4 is 11.8 Å². The molecule has 8 nitrogen and oxygen atoms in total. The van der Waals surface area contributed by atoms with Gasteiger partial charge in [-0.2, -0.15) is 0 Å². The van der Waals surface area contributed by atoms with E-state index in [0.29, 0.717) is 43.8 Å². The quantitative estimate of drug-likeness (QED) is 0.768. The third-order valence-corrected chi connectivity index (χ3v) is 5.35. The minimum Gasteiger partial charge on any atom is -0.353 e. The molecule has 1 aromatic rings. The van der Waals surface area contributed by atoms with Crippen molar-refractivity contribution in [1.82, 2.24) is 20.0 Å². The van der Waals surface area contributed by atoms with Gasteiger partial charge in [0.1, 0.15) is 0 Å². The molecule has 3 saturated heterocycles. The number of H-pyrrole nitrogens is 2. The first-order valence-corrected chi connectivity index (χ1v) is 8.03. The minimum atomic E-state index is -0.634. The van der Waals surface area contributed by atoms with Crippen molar-refractivity contribution in [3.63, 3.8) is 0 Å². The average Bonchev–Trinajstić information content (AvgIpc) is 3.12. The third kappa shape index (κ3) is 1.97. The standard InChI is InChI=1S/C15H20N4O4/c1-9-10(14(22)17-16-9)7-12(20)18-5-3-15-11(18)8-13(21)19(15)4-2-6-23-15/h11H,2-8H2,1H3,(H2,16,17,22)/t11-,15+/m1/s1. The first kappa shape index (κ1) is 14.5. The van der Waals surface area contributed by atoms with Gasteiger partial charge in [0.2, 0.25) is 11.8 Å². The lowest BCUT2D eigenvalue weighted by Crippen LogP contribution is -2.56. The summed E-state index contributed by atoms with van der Waals surface area (Å²) in [7, 11) is 0. The molecule has 0 saturated carbocycles. The SMILES string of the molecule is Cc1[nH][nH]c(=O)c1CC(=O)N1CC[C@@]23OCCCN2C(=O)C[C@@H]13. The van der Waals surface area contributed by atoms with Crippen LogP contribution in [0, 0.1) is 6.92 Å². The van der Waals surface area contributed by atoms with E-state index in [4.69, 9.17) is 4.74 Å². The number of amides is 2. The van der Waals surface area contributed by atoms with Crippen LogP contribution in [0.25, 0.3) is 0 Å². The van der Waals surface area contributed by atoms with E-state index in [9.17, 15) is 14.4 Å². The summed E-state index contributed by atoms with van der Waals surface area (Å²) in [6.07, 6.45) is 1.85. The van der Waals surface area contributed by atoms with Crippen molar-refractivity contribution in [2.24, 2.45) is 0 Å². The summed E-state index contributed by atoms with van der Waals surface area (Å²) in [6.45, 7) is 3.65. The Morgan fingerprint density at radius 2 is 2.17 bits per heavy atom. The molecular formula is C15H20N4O4. The Bertz CT molecular complexity index is 723. The van der Waals surface area contributed by atoms with Crippen molar-refractivity contribution in [1.29, 1.82) is 0 Å². The van der Waals surface area contributed by atoms with Crippen LogP contribution < -0.4 is 5.56 Å². The van der Waals surface area contributed by atoms with Crippen LogP contribution in [0.15, 0.2) is 4.79 Å². The lowest BCUT2D eigenvalue weighted by atomic mass is 10.0. The first-order chi connectivity index (χ1) is 11.0. The molecule has 0 unspecified atom stereocenters. The molecule has 2 atom stereocenters. The zero-order valence-electron chi connectivity index (χ0n) is 13.1. The predicted molar refractivity (Wildman–Crippen MR) is 79.6 cm³/mol. The highest BCUT2D eigenvalue weighted by molar-refractivity contribution is 5.85. The molecule has 23 heavy (non-hydrogen) atoms. The number of aromatic amines is 2. The van der Waals surface area contributed by atoms with E-state index in [1.54, 1.807) is 11.8 Å². The number of likely N-dealkylation sites (tertiary alicyclic amines) is 1. The lowest BCUT2D eigenvalue weighted by Gasteiger charge is -2.42. The van der Waals surface area contributed by atoms with E-state index in [0.717, 1.165) is 6.42 Å². The van der Waals surface area contributed by atoms with E-state index >= 15 is 0 Å². The molecule has 3 aliphatic heterocycles. The fraction of sp³-hybridized carbons (Fsp3) is 0.667. The van der Waals surface area contributed by atoms with Gasteiger partial charge >= 0.3 is 0 Å². The Hall–Kier alpha value is -2.09. The van der Waals surface area contributed by atoms with Crippen LogP contribution >= 0.6 is 0 Å². The average molecular weight is 320 g/mol. The van der Waals surface area contributed by atoms with Gasteiger partial charge in [-0.25, -0.2) is 0 Å². The fourth-order valence-corrected chi connectivity index (χ4v) is 4.19. The number of hydrogen-bond acceptors (Lipinski definition) is 4. The Labute approximate surface area is 132 Å². The Balaban J connectivity index is 1.58. The minimum absolute atomic E-state index is 0.0471. The molecule has 4 heterocycles. The van der Waals surface area contributed by atoms with E-state index in [1.807, 2.05) is 4.90 Å². The Morgan fingerprint density at radius 1 is 1.35 bits per heavy atom. The number of hydrogen-bond donors (Lipinski definition) is 2. The molecule has 124 valence electrons. The molecule has 3 fully saturated rings. The van der Waals surface area contributed by atoms with Gasteiger partial charge in [-0.15, -0.1) is 0 Å². The van der Waals surface area contributed by atoms with Crippen LogP contribution in [-0.4, -0.2) is 63.3 Å². The topological polar surface area (TPSA) is 98.5 Å². The molecule has 3 aliphatic rings. The largest absolute Gasteiger partial charge is 0.353 e. The van der Waals surface area contributed by atoms with Gasteiger partial charge in [-0.1, -0.05) is 0 Å². The van der Waals surface area contributed by atoms with Crippen LogP contribution in [0.3, 0.4) is 0 Å². The van der Waals surface area contributed by atoms with Gasteiger partial charge in [0.25, 0.3) is 5.56 Å². The number of carbonyl (C=O) groups excluding carboxylic acids is 2. The monoisotopic (exact) mass is 320 g/mol. The Morgan fingerprint density at radius 3 is 2.91 bits per heavy atom. The van der Waals surface area contributed by atoms with Crippen LogP contribution in [0.1, 0.15) is 30.5 Å². The predicted octanol–water partition coefficient (Wildman–Crippen LogP) is -0.496. The highest BCUT2D eigenvalue weighted by Gasteiger charge is 2.61. The maximum absolute atomic E-state index is 12.7. The van der Waals surface area contributed by atoms with Crippen molar-refractivity contribution in [2.75, 3.05) is 19.7 Å². The summed E-state index contributed by atoms with van der Waals surface area (Å²) in [5.41, 5.74) is 0.240. The van der Waals surface area contributed by atoms with Gasteiger partial charge in [0.15, 0.2) is 5.72 Å². The summed E-state index contributed by atoms with van der Waals surface area (Å²) in [6, 6.07) is -0.235. The summed E-state index contributed by atoms with van der Waals surface area (Å²) < 4.78 is 5.98. The third-order valence-electron chi connectivity index (χ3n) is 5.35. The zero-order chi connectivity index (χ0) is 16.2. The van der Waals surface area contributed by atoms with Crippen molar-refractivity contribution in [3.05, 3.63) is 21.6 Å². The second-order valence-electron chi connectivity index (χ2n) is 6.51. The van der Waals surface area contributed by atoms with Crippen LogP contribution in [-0.2, 0) is 20.7 Å². The molecule has 0 aliphatic carbocycles. The summed E-state index contributed by atoms with van der Waals surface area (Å²) in [4.78, 5) is 40.3. The van der Waals surface area contributed by atoms with Crippen molar-refractivity contribution in [2.45, 2.75) is 44.4 Å². The fourth-order valence-electron chi connectivity index (χ4n) is 4.19. The van der Waals surface area contributed by atoms with Crippen molar-refractivity contribution < 1.29 is 14.3 Å². The zero-order valence-corrected chi connectivity index (χ0v) is 13.1. The smallest absolute Gasteiger partial charge is 0.267 e. The van der Waals surface area contributed by atoms with Gasteiger partial charge < -0.3 is 19.6 Å². The molecule has 4 rings (SSSR count). The lowest BCUT2D eigenvalue weighted by molar-refractivity contribution is -0.181. The van der Waals surface area contributed by atoms with E-state index in [2.05, 4.69) is 10.2 Å². The molecular weight excluding hydrogens is 300 g/mol. The van der Waals surface area contributed by atoms with E-state index < -0.39 is 5.72 Å². The normalized spacial score (nSPS) is 29.8. The molecule has 2 N–H and O–H groups in total. The second kappa shape index (κ2) is 4.95. The van der Waals surface area contributed by atoms with Crippen molar-refractivity contribution in [3.8, 4) is 0 Å². The van der Waals surface area contributed by atoms with Gasteiger partial charge in [0.05, 0.1) is 25.5 Å². The maximum atomic E-state index is 12.7. The highest BCUT2D eigenvalue weighted by Crippen LogP contribution is 2.44. The number of aryl methyl sites for hydroxylation is 1. The molecule has 0 aromatic carbocycles. The van der Waals surface area contributed by atoms with Gasteiger partial charge in [0, 0.05) is 30.8 Å². The summed E-state index contributed by atoms with van der Waals surface area (Å²) >= 11 is 0. The first-order valence-electron chi connectivity index (χ1n) is 8.03. The number of nitrogens with zero attached hydrogens (tertiary/aromatic N) is 2. The molecule has 8 heteroatoms. The number of rotatable bonds is 2. The highest BCUT2D eigenvalue weighted by atomic mass is 16.5. The van der Waals surface area contributed by atoms with E-state index in [-0.39, 0.29) is 29.8 Å². The molecule has 0 radical (unpaired) electrons. The number of aromatic nitrogens is 2. The van der Waals surface area contributed by atoms with Gasteiger partial charge in [-0.3, -0.25) is 19.5 Å². The molecule has 1 aromatic heterocycles. The molecule has 1 spiro atoms. The Kier molecular flexibility index (Phi) is 3.12. The summed E-state index contributed by atoms with van der Waals surface area (Å²) in [5.74, 6) is -0.0632. The molecule has 2 amide bonds. The number of ether oxygens (including phenoxy) is 1. The van der Waals surface area contributed by atoms with Gasteiger partial charge in [-0.05, 0) is 13.3 Å². The van der Waals surface area contributed by atoms with Crippen LogP contribution in [0.4, 0.5) is 0 Å². The summed E-state index contributed by atoms with van der Waals surface area (Å²) in [5, 5.41) is 5.23. The van der Waals surface area contributed by atoms with Crippen LogP contribution in [0.2, 0.25) is 0 Å².